The second-order valence-corrected chi connectivity index (χ2v) is 12.3. The molecular weight excluding hydrogens is 799 g/mol. The first-order valence-corrected chi connectivity index (χ1v) is 16.6. The van der Waals surface area contributed by atoms with Gasteiger partial charge in [0.2, 0.25) is 11.8 Å². The number of halogens is 4. The fraction of sp³-hybridized carbons (Fsp3) is 0.281. The van der Waals surface area contributed by atoms with E-state index in [-0.39, 0.29) is 47.7 Å². The van der Waals surface area contributed by atoms with Crippen molar-refractivity contribution in [3.05, 3.63) is 78.9 Å². The Labute approximate surface area is 304 Å². The zero-order valence-electron chi connectivity index (χ0n) is 26.2. The van der Waals surface area contributed by atoms with E-state index in [0.717, 1.165) is 22.2 Å². The lowest BCUT2D eigenvalue weighted by molar-refractivity contribution is 0.0523. The van der Waals surface area contributed by atoms with E-state index in [4.69, 9.17) is 63.1 Å². The summed E-state index contributed by atoms with van der Waals surface area (Å²) >= 11 is 18.6. The highest BCUT2D eigenvalue weighted by atomic mass is 79.9. The van der Waals surface area contributed by atoms with E-state index in [9.17, 15) is 9.90 Å². The zero-order chi connectivity index (χ0) is 35.2. The molecule has 0 aliphatic carbocycles. The van der Waals surface area contributed by atoms with Gasteiger partial charge in [-0.25, -0.2) is 14.8 Å². The minimum atomic E-state index is -0.592. The number of hydrogen-bond donors (Lipinski definition) is 3. The summed E-state index contributed by atoms with van der Waals surface area (Å²) in [4.78, 5) is 20.0. The highest BCUT2D eigenvalue weighted by Crippen LogP contribution is 2.39. The van der Waals surface area contributed by atoms with Crippen LogP contribution in [0, 0.1) is 0 Å². The van der Waals surface area contributed by atoms with Crippen LogP contribution in [0.5, 0.6) is 34.8 Å². The summed E-state index contributed by atoms with van der Waals surface area (Å²) in [5.41, 5.74) is 12.8. The molecule has 1 aliphatic rings. The Balaban J connectivity index is 0.000000228. The van der Waals surface area contributed by atoms with Gasteiger partial charge >= 0.3 is 5.97 Å². The molecule has 0 radical (unpaired) electrons. The molecule has 1 saturated heterocycles. The monoisotopic (exact) mass is 830 g/mol. The van der Waals surface area contributed by atoms with Gasteiger partial charge in [-0.2, -0.15) is 0 Å². The molecule has 48 heavy (non-hydrogen) atoms. The third-order valence-electron chi connectivity index (χ3n) is 6.13. The lowest BCUT2D eigenvalue weighted by Gasteiger charge is -2.14. The molecule has 1 aliphatic heterocycles. The number of pyridine rings is 2. The van der Waals surface area contributed by atoms with Crippen LogP contribution in [-0.2, 0) is 16.1 Å². The van der Waals surface area contributed by atoms with Crippen molar-refractivity contribution in [2.24, 2.45) is 0 Å². The van der Waals surface area contributed by atoms with Crippen LogP contribution in [0.1, 0.15) is 35.7 Å². The van der Waals surface area contributed by atoms with E-state index in [0.29, 0.717) is 32.9 Å². The molecule has 2 aromatic heterocycles. The number of carbonyl (C=O) groups excluding carboxylic acids is 1. The van der Waals surface area contributed by atoms with Crippen LogP contribution >= 0.6 is 55.1 Å². The molecule has 0 bridgehead atoms. The lowest BCUT2D eigenvalue weighted by Crippen LogP contribution is -2.10. The molecule has 0 atom stereocenters. The van der Waals surface area contributed by atoms with E-state index in [1.54, 1.807) is 43.3 Å². The van der Waals surface area contributed by atoms with Gasteiger partial charge in [-0.3, -0.25) is 0 Å². The first-order chi connectivity index (χ1) is 23.0. The third-order valence-corrected chi connectivity index (χ3v) is 7.48. The molecule has 12 nitrogen and oxygen atoms in total. The quantitative estimate of drug-likeness (QED) is 0.138. The van der Waals surface area contributed by atoms with E-state index in [1.165, 1.54) is 39.5 Å². The number of benzene rings is 2. The summed E-state index contributed by atoms with van der Waals surface area (Å²) in [6, 6.07) is 10.1. The Morgan fingerprint density at radius 3 is 1.79 bits per heavy atom. The molecule has 16 heteroatoms. The topological polar surface area (TPSA) is 170 Å². The van der Waals surface area contributed by atoms with E-state index >= 15 is 0 Å². The number of rotatable bonds is 9. The highest BCUT2D eigenvalue weighted by molar-refractivity contribution is 9.10. The predicted molar refractivity (Wildman–Crippen MR) is 191 cm³/mol. The third kappa shape index (κ3) is 11.3. The first kappa shape index (κ1) is 38.9. The number of carbonyl (C=O) groups is 1. The van der Waals surface area contributed by atoms with Crippen molar-refractivity contribution >= 4 is 72.4 Å². The van der Waals surface area contributed by atoms with Crippen molar-refractivity contribution in [3.63, 3.8) is 0 Å². The molecule has 3 heterocycles. The van der Waals surface area contributed by atoms with Crippen molar-refractivity contribution in [2.75, 3.05) is 45.5 Å². The number of hydrogen-bond acceptors (Lipinski definition) is 12. The number of nitrogens with zero attached hydrogens (tertiary/aromatic N) is 2. The molecule has 0 unspecified atom stereocenters. The molecule has 0 spiro atoms. The molecule has 5 rings (SSSR count). The Bertz CT molecular complexity index is 1650. The summed E-state index contributed by atoms with van der Waals surface area (Å²) in [7, 11) is 2.87. The minimum absolute atomic E-state index is 0.0918. The van der Waals surface area contributed by atoms with Crippen LogP contribution in [-0.4, -0.2) is 55.1 Å². The number of ether oxygens (including phenoxy) is 6. The maximum absolute atomic E-state index is 12.1. The van der Waals surface area contributed by atoms with Gasteiger partial charge in [0.25, 0.3) is 0 Å². The second-order valence-electron chi connectivity index (χ2n) is 9.57. The number of aliphatic hydroxyl groups is 1. The average Bonchev–Trinajstić information content (AvgIpc) is 3.63. The lowest BCUT2D eigenvalue weighted by atomic mass is 10.2. The molecule has 258 valence electrons. The molecular formula is C32H34Br2Cl2N4O8. The Hall–Kier alpha value is -3.53. The second kappa shape index (κ2) is 19.5. The Morgan fingerprint density at radius 1 is 0.854 bits per heavy atom. The van der Waals surface area contributed by atoms with Crippen LogP contribution < -0.4 is 30.4 Å². The predicted octanol–water partition coefficient (Wildman–Crippen LogP) is 8.23. The summed E-state index contributed by atoms with van der Waals surface area (Å²) in [5.74, 6) is 1.07. The zero-order valence-corrected chi connectivity index (χ0v) is 30.9. The molecule has 0 saturated carbocycles. The van der Waals surface area contributed by atoms with Gasteiger partial charge in [-0.05, 0) is 56.2 Å². The maximum Gasteiger partial charge on any atom is 0.343 e. The number of aromatic nitrogens is 2. The summed E-state index contributed by atoms with van der Waals surface area (Å²) in [5, 5.41) is 10.3. The van der Waals surface area contributed by atoms with Crippen molar-refractivity contribution in [2.45, 2.75) is 26.4 Å². The number of nitrogen functional groups attached to an aromatic ring is 2. The normalized spacial score (nSPS) is 11.8. The van der Waals surface area contributed by atoms with Gasteiger partial charge in [0.1, 0.15) is 28.4 Å². The first-order valence-electron chi connectivity index (χ1n) is 14.3. The smallest absolute Gasteiger partial charge is 0.343 e. The van der Waals surface area contributed by atoms with Gasteiger partial charge in [0, 0.05) is 50.2 Å². The van der Waals surface area contributed by atoms with Crippen molar-refractivity contribution in [1.29, 1.82) is 0 Å². The van der Waals surface area contributed by atoms with Gasteiger partial charge in [0.05, 0.1) is 27.4 Å². The fourth-order valence-electron chi connectivity index (χ4n) is 3.97. The van der Waals surface area contributed by atoms with Gasteiger partial charge in [-0.15, -0.1) is 0 Å². The van der Waals surface area contributed by atoms with E-state index in [1.807, 2.05) is 0 Å². The average molecular weight is 833 g/mol. The SMILES string of the molecule is C1CCOC1.CCOC(=O)c1cnc(OC)c(N)c1Oc1cc(Cl)cc(Br)c1.COc1ncc(CO)c(Oc2cc(Cl)cc(Br)c2)c1N. The molecule has 2 aromatic carbocycles. The Kier molecular flexibility index (Phi) is 15.8. The number of nitrogens with two attached hydrogens (primary N) is 2. The molecule has 4 aromatic rings. The summed E-state index contributed by atoms with van der Waals surface area (Å²) in [6.07, 6.45) is 5.30. The maximum atomic E-state index is 12.1. The van der Waals surface area contributed by atoms with E-state index in [2.05, 4.69) is 41.8 Å². The largest absolute Gasteiger partial charge is 0.479 e. The van der Waals surface area contributed by atoms with Gasteiger partial charge in [0.15, 0.2) is 11.5 Å². The Morgan fingerprint density at radius 2 is 1.35 bits per heavy atom. The van der Waals surface area contributed by atoms with Gasteiger partial charge in [-0.1, -0.05) is 55.1 Å². The van der Waals surface area contributed by atoms with Crippen LogP contribution in [0.25, 0.3) is 0 Å². The van der Waals surface area contributed by atoms with Crippen LogP contribution in [0.3, 0.4) is 0 Å². The minimum Gasteiger partial charge on any atom is -0.479 e. The van der Waals surface area contributed by atoms with Crippen LogP contribution in [0.15, 0.2) is 57.7 Å². The van der Waals surface area contributed by atoms with Gasteiger partial charge < -0.3 is 45.0 Å². The van der Waals surface area contributed by atoms with Crippen LogP contribution in [0.2, 0.25) is 10.0 Å². The number of anilines is 2. The highest BCUT2D eigenvalue weighted by Gasteiger charge is 2.22. The van der Waals surface area contributed by atoms with Crippen molar-refractivity contribution < 1.29 is 38.3 Å². The number of aliphatic hydroxyl groups excluding tert-OH is 1. The van der Waals surface area contributed by atoms with Crippen molar-refractivity contribution in [1.82, 2.24) is 9.97 Å². The molecule has 1 fully saturated rings. The summed E-state index contributed by atoms with van der Waals surface area (Å²) < 4.78 is 33.0. The van der Waals surface area contributed by atoms with Crippen molar-refractivity contribution in [3.8, 4) is 34.8 Å². The number of esters is 1. The van der Waals surface area contributed by atoms with E-state index < -0.39 is 5.97 Å². The molecule has 5 N–H and O–H groups in total. The number of methoxy groups -OCH3 is 2. The molecule has 0 amide bonds. The van der Waals surface area contributed by atoms with Crippen LogP contribution in [0.4, 0.5) is 11.4 Å². The summed E-state index contributed by atoms with van der Waals surface area (Å²) in [6.45, 7) is 3.66. The fourth-order valence-corrected chi connectivity index (χ4v) is 5.63. The standard InChI is InChI=1S/C15H14BrClN2O4.C13H12BrClN2O3.C4H8O/c1-3-22-15(20)11-7-19-14(21-2)12(18)13(11)23-10-5-8(16)4-9(17)6-10;1-19-13-11(16)12(7(6-18)5-17-13)20-10-3-8(14)2-9(15)4-10;1-2-4-5-3-1/h4-7H,3,18H2,1-2H3;2-5,18H,6,16H2,1H3;1-4H2.